The van der Waals surface area contributed by atoms with Crippen LogP contribution in [0.1, 0.15) is 0 Å². The van der Waals surface area contributed by atoms with Crippen LogP contribution >= 0.6 is 0 Å². The molecule has 2 nitrogen and oxygen atoms in total. The number of hydrogen-bond acceptors (Lipinski definition) is 2. The Morgan fingerprint density at radius 1 is 0.346 bits per heavy atom. The van der Waals surface area contributed by atoms with Crippen molar-refractivity contribution < 1.29 is 4.42 Å². The number of anilines is 3. The smallest absolute Gasteiger partial charge is 0.136 e. The Morgan fingerprint density at radius 3 is 1.79 bits per heavy atom. The second kappa shape index (κ2) is 10.3. The summed E-state index contributed by atoms with van der Waals surface area (Å²) in [5.74, 6) is 0. The first-order valence-corrected chi connectivity index (χ1v) is 17.9. The van der Waals surface area contributed by atoms with Gasteiger partial charge in [-0.2, -0.15) is 0 Å². The van der Waals surface area contributed by atoms with Crippen molar-refractivity contribution in [3.8, 4) is 22.3 Å². The Kier molecular flexibility index (Phi) is 5.53. The number of benzene rings is 10. The van der Waals surface area contributed by atoms with Crippen LogP contribution in [0.25, 0.3) is 98.1 Å². The summed E-state index contributed by atoms with van der Waals surface area (Å²) >= 11 is 0. The lowest BCUT2D eigenvalue weighted by Crippen LogP contribution is -2.15. The summed E-state index contributed by atoms with van der Waals surface area (Å²) in [6.45, 7) is 0. The molecule has 0 saturated carbocycles. The van der Waals surface area contributed by atoms with Gasteiger partial charge in [0.15, 0.2) is 0 Å². The molecular weight excluding hydrogens is 631 g/mol. The maximum atomic E-state index is 6.57. The third-order valence-corrected chi connectivity index (χ3v) is 11.3. The van der Waals surface area contributed by atoms with Crippen molar-refractivity contribution in [3.63, 3.8) is 0 Å². The fourth-order valence-electron chi connectivity index (χ4n) is 9.10. The van der Waals surface area contributed by atoms with Crippen LogP contribution in [0.4, 0.5) is 17.1 Å². The first-order chi connectivity index (χ1) is 25.8. The van der Waals surface area contributed by atoms with Gasteiger partial charge in [0.2, 0.25) is 0 Å². The number of rotatable bonds is 2. The number of para-hydroxylation sites is 2. The zero-order chi connectivity index (χ0) is 33.9. The number of furan rings is 1. The molecule has 10 aromatic carbocycles. The summed E-state index contributed by atoms with van der Waals surface area (Å²) in [4.78, 5) is 2.47. The Morgan fingerprint density at radius 2 is 0.981 bits per heavy atom. The quantitative estimate of drug-likeness (QED) is 0.172. The molecule has 0 saturated heterocycles. The van der Waals surface area contributed by atoms with E-state index in [2.05, 4.69) is 181 Å². The lowest BCUT2D eigenvalue weighted by Gasteiger charge is -2.34. The summed E-state index contributed by atoms with van der Waals surface area (Å²) in [5.41, 5.74) is 10.2. The first-order valence-electron chi connectivity index (χ1n) is 17.9. The minimum Gasteiger partial charge on any atom is -0.456 e. The monoisotopic (exact) mass is 659 g/mol. The first kappa shape index (κ1) is 27.9. The molecule has 0 N–H and O–H groups in total. The largest absolute Gasteiger partial charge is 0.456 e. The van der Waals surface area contributed by atoms with Crippen LogP contribution in [-0.2, 0) is 0 Å². The molecule has 0 aliphatic carbocycles. The van der Waals surface area contributed by atoms with Crippen LogP contribution in [0.2, 0.25) is 0 Å². The Bertz CT molecular complexity index is 3280. The molecule has 1 aliphatic rings. The molecule has 1 aliphatic heterocycles. The highest BCUT2D eigenvalue weighted by molar-refractivity contribution is 6.31. The van der Waals surface area contributed by atoms with Gasteiger partial charge in [0.1, 0.15) is 11.2 Å². The van der Waals surface area contributed by atoms with Gasteiger partial charge in [-0.05, 0) is 102 Å². The third kappa shape index (κ3) is 3.73. The highest BCUT2D eigenvalue weighted by Gasteiger charge is 2.30. The summed E-state index contributed by atoms with van der Waals surface area (Å²) in [7, 11) is 0. The van der Waals surface area contributed by atoms with Gasteiger partial charge in [0.25, 0.3) is 0 Å². The van der Waals surface area contributed by atoms with Gasteiger partial charge in [0, 0.05) is 33.0 Å². The molecule has 2 heterocycles. The Labute approximate surface area is 299 Å². The Hall–Kier alpha value is -6.90. The van der Waals surface area contributed by atoms with E-state index in [9.17, 15) is 0 Å². The van der Waals surface area contributed by atoms with Crippen LogP contribution in [0, 0.1) is 0 Å². The molecule has 0 unspecified atom stereocenters. The van der Waals surface area contributed by atoms with Crippen LogP contribution < -0.4 is 4.90 Å². The predicted octanol–water partition coefficient (Wildman–Crippen LogP) is 14.5. The van der Waals surface area contributed by atoms with Crippen molar-refractivity contribution >= 4 is 92.9 Å². The molecule has 12 rings (SSSR count). The zero-order valence-electron chi connectivity index (χ0n) is 28.1. The van der Waals surface area contributed by atoms with E-state index in [0.717, 1.165) is 27.9 Å². The van der Waals surface area contributed by atoms with E-state index in [1.807, 2.05) is 0 Å². The number of hydrogen-bond donors (Lipinski definition) is 0. The predicted molar refractivity (Wildman–Crippen MR) is 220 cm³/mol. The maximum Gasteiger partial charge on any atom is 0.136 e. The van der Waals surface area contributed by atoms with Crippen molar-refractivity contribution in [2.75, 3.05) is 4.90 Å². The molecule has 52 heavy (non-hydrogen) atoms. The molecule has 0 bridgehead atoms. The SMILES string of the molecule is c1cc(-c2ccc3c4ccccc4c4ccccc4c3c2)cc(N2c3ccccc3-c3c4c2cc2ccccc2c4cc2oc4ccccc4c32)c1. The maximum absolute atomic E-state index is 6.57. The van der Waals surface area contributed by atoms with Crippen molar-refractivity contribution in [2.24, 2.45) is 0 Å². The molecule has 0 spiro atoms. The average molecular weight is 660 g/mol. The van der Waals surface area contributed by atoms with E-state index in [1.165, 1.54) is 87.2 Å². The lowest BCUT2D eigenvalue weighted by molar-refractivity contribution is 0.669. The van der Waals surface area contributed by atoms with Crippen LogP contribution in [0.15, 0.2) is 180 Å². The van der Waals surface area contributed by atoms with E-state index < -0.39 is 0 Å². The number of fused-ring (bicyclic) bond motifs is 14. The topological polar surface area (TPSA) is 16.4 Å². The molecular formula is C50H29NO. The van der Waals surface area contributed by atoms with Gasteiger partial charge < -0.3 is 9.32 Å². The van der Waals surface area contributed by atoms with E-state index >= 15 is 0 Å². The van der Waals surface area contributed by atoms with Gasteiger partial charge in [-0.3, -0.25) is 0 Å². The molecule has 1 aromatic heterocycles. The van der Waals surface area contributed by atoms with Gasteiger partial charge in [-0.25, -0.2) is 0 Å². The van der Waals surface area contributed by atoms with E-state index in [4.69, 9.17) is 4.42 Å². The molecule has 11 aromatic rings. The lowest BCUT2D eigenvalue weighted by atomic mass is 9.85. The second-order valence-electron chi connectivity index (χ2n) is 14.0. The average Bonchev–Trinajstić information content (AvgIpc) is 3.59. The molecule has 0 atom stereocenters. The van der Waals surface area contributed by atoms with Gasteiger partial charge >= 0.3 is 0 Å². The van der Waals surface area contributed by atoms with Crippen LogP contribution in [-0.4, -0.2) is 0 Å². The molecule has 0 radical (unpaired) electrons. The summed E-state index contributed by atoms with van der Waals surface area (Å²) in [5, 5.41) is 15.0. The molecule has 0 amide bonds. The van der Waals surface area contributed by atoms with Gasteiger partial charge in [-0.15, -0.1) is 0 Å². The molecule has 0 fully saturated rings. The van der Waals surface area contributed by atoms with E-state index in [0.29, 0.717) is 0 Å². The third-order valence-electron chi connectivity index (χ3n) is 11.3. The van der Waals surface area contributed by atoms with Gasteiger partial charge in [-0.1, -0.05) is 133 Å². The Balaban J connectivity index is 1.14. The van der Waals surface area contributed by atoms with Crippen LogP contribution in [0.5, 0.6) is 0 Å². The van der Waals surface area contributed by atoms with Gasteiger partial charge in [0.05, 0.1) is 11.4 Å². The highest BCUT2D eigenvalue weighted by atomic mass is 16.3. The van der Waals surface area contributed by atoms with E-state index in [-0.39, 0.29) is 0 Å². The summed E-state index contributed by atoms with van der Waals surface area (Å²) in [6, 6.07) is 64.3. The number of nitrogens with zero attached hydrogens (tertiary/aromatic N) is 1. The fraction of sp³-hybridized carbons (Fsp3) is 0. The standard InChI is InChI=1S/C50H29NO/c1-2-15-34-32(12-1)28-45-48-43(34)29-47-49(41-21-8-10-23-46(41)52-47)50(48)40-20-7-9-22-44(40)51(45)33-14-11-13-30(26-33)31-24-25-39-37-18-4-3-16-35(37)36-17-5-6-19-38(36)42(39)27-31/h1-29H. The second-order valence-corrected chi connectivity index (χ2v) is 14.0. The summed E-state index contributed by atoms with van der Waals surface area (Å²) in [6.07, 6.45) is 0. The summed E-state index contributed by atoms with van der Waals surface area (Å²) < 4.78 is 6.57. The minimum atomic E-state index is 0.915. The van der Waals surface area contributed by atoms with E-state index in [1.54, 1.807) is 0 Å². The fourth-order valence-corrected chi connectivity index (χ4v) is 9.10. The molecule has 240 valence electrons. The van der Waals surface area contributed by atoms with Crippen molar-refractivity contribution in [2.45, 2.75) is 0 Å². The van der Waals surface area contributed by atoms with Crippen molar-refractivity contribution in [1.29, 1.82) is 0 Å². The van der Waals surface area contributed by atoms with Crippen molar-refractivity contribution in [1.82, 2.24) is 0 Å². The minimum absolute atomic E-state index is 0.915. The normalized spacial score (nSPS) is 12.6. The van der Waals surface area contributed by atoms with Crippen molar-refractivity contribution in [3.05, 3.63) is 176 Å². The molecule has 2 heteroatoms. The van der Waals surface area contributed by atoms with Crippen LogP contribution in [0.3, 0.4) is 0 Å². The highest BCUT2D eigenvalue weighted by Crippen LogP contribution is 2.56. The zero-order valence-corrected chi connectivity index (χ0v) is 28.1.